The number of aromatic nitrogens is 2. The standard InChI is InChI=1S/C11H5N3O2S/c12-5-8-1-2-9(17-8)11-13-10(14-16-11)7-3-4-15-6-7/h1-4,6H. The number of hydrogen-bond acceptors (Lipinski definition) is 6. The molecule has 82 valence electrons. The molecule has 3 aromatic heterocycles. The number of hydrogen-bond donors (Lipinski definition) is 0. The molecule has 0 spiro atoms. The van der Waals surface area contributed by atoms with Crippen LogP contribution in [0.5, 0.6) is 0 Å². The Balaban J connectivity index is 1.98. The molecule has 6 heteroatoms. The third-order valence-electron chi connectivity index (χ3n) is 2.13. The molecule has 0 aliphatic heterocycles. The molecule has 0 saturated heterocycles. The Kier molecular flexibility index (Phi) is 2.24. The van der Waals surface area contributed by atoms with Crippen LogP contribution in [0.2, 0.25) is 0 Å². The van der Waals surface area contributed by atoms with Crippen LogP contribution in [0, 0.1) is 11.3 Å². The van der Waals surface area contributed by atoms with Crippen molar-refractivity contribution >= 4 is 11.3 Å². The van der Waals surface area contributed by atoms with E-state index >= 15 is 0 Å². The van der Waals surface area contributed by atoms with Crippen LogP contribution in [0.4, 0.5) is 0 Å². The molecule has 0 radical (unpaired) electrons. The maximum Gasteiger partial charge on any atom is 0.268 e. The van der Waals surface area contributed by atoms with Crippen molar-refractivity contribution in [3.05, 3.63) is 35.6 Å². The summed E-state index contributed by atoms with van der Waals surface area (Å²) in [6.45, 7) is 0. The average molecular weight is 243 g/mol. The lowest BCUT2D eigenvalue weighted by atomic mass is 10.3. The van der Waals surface area contributed by atoms with Gasteiger partial charge in [-0.25, -0.2) is 0 Å². The second-order valence-corrected chi connectivity index (χ2v) is 4.29. The second kappa shape index (κ2) is 3.88. The first-order valence-corrected chi connectivity index (χ1v) is 5.55. The Morgan fingerprint density at radius 2 is 2.24 bits per heavy atom. The summed E-state index contributed by atoms with van der Waals surface area (Å²) in [4.78, 5) is 5.63. The summed E-state index contributed by atoms with van der Waals surface area (Å²) in [5.41, 5.74) is 0.761. The zero-order valence-electron chi connectivity index (χ0n) is 8.45. The van der Waals surface area contributed by atoms with E-state index in [1.807, 2.05) is 0 Å². The highest BCUT2D eigenvalue weighted by atomic mass is 32.1. The molecule has 3 aromatic rings. The van der Waals surface area contributed by atoms with Crippen LogP contribution in [-0.2, 0) is 0 Å². The van der Waals surface area contributed by atoms with E-state index in [-0.39, 0.29) is 0 Å². The fraction of sp³-hybridized carbons (Fsp3) is 0. The number of nitriles is 1. The Hall–Kier alpha value is -2.39. The summed E-state index contributed by atoms with van der Waals surface area (Å²) in [5, 5.41) is 12.6. The van der Waals surface area contributed by atoms with Crippen LogP contribution in [0.3, 0.4) is 0 Å². The van der Waals surface area contributed by atoms with Crippen LogP contribution in [0.25, 0.3) is 22.2 Å². The van der Waals surface area contributed by atoms with Crippen molar-refractivity contribution < 1.29 is 8.94 Å². The van der Waals surface area contributed by atoms with E-state index in [1.165, 1.54) is 11.3 Å². The molecule has 3 heterocycles. The Bertz CT molecular complexity index is 676. The molecule has 0 aliphatic rings. The van der Waals surface area contributed by atoms with E-state index in [4.69, 9.17) is 14.2 Å². The Labute approximate surface area is 99.9 Å². The average Bonchev–Trinajstić information content (AvgIpc) is 3.09. The molecule has 0 aliphatic carbocycles. The molecular weight excluding hydrogens is 238 g/mol. The molecule has 0 bridgehead atoms. The van der Waals surface area contributed by atoms with Gasteiger partial charge >= 0.3 is 0 Å². The van der Waals surface area contributed by atoms with Gasteiger partial charge in [-0.3, -0.25) is 0 Å². The first kappa shape index (κ1) is 9.81. The van der Waals surface area contributed by atoms with Gasteiger partial charge < -0.3 is 8.94 Å². The van der Waals surface area contributed by atoms with Gasteiger partial charge in [-0.1, -0.05) is 5.16 Å². The van der Waals surface area contributed by atoms with Gasteiger partial charge in [-0.2, -0.15) is 10.2 Å². The fourth-order valence-corrected chi connectivity index (χ4v) is 2.07. The van der Waals surface area contributed by atoms with Crippen molar-refractivity contribution in [3.8, 4) is 28.2 Å². The molecule has 0 fully saturated rings. The molecule has 0 atom stereocenters. The van der Waals surface area contributed by atoms with E-state index in [0.29, 0.717) is 16.6 Å². The molecule has 5 nitrogen and oxygen atoms in total. The lowest BCUT2D eigenvalue weighted by molar-refractivity contribution is 0.433. The van der Waals surface area contributed by atoms with Crippen molar-refractivity contribution in [2.24, 2.45) is 0 Å². The zero-order valence-corrected chi connectivity index (χ0v) is 9.27. The smallest absolute Gasteiger partial charge is 0.268 e. The maximum atomic E-state index is 8.73. The maximum absolute atomic E-state index is 8.73. The highest BCUT2D eigenvalue weighted by Gasteiger charge is 2.13. The summed E-state index contributed by atoms with van der Waals surface area (Å²) in [6.07, 6.45) is 3.09. The third-order valence-corrected chi connectivity index (χ3v) is 3.11. The third kappa shape index (κ3) is 1.73. The monoisotopic (exact) mass is 243 g/mol. The van der Waals surface area contributed by atoms with Crippen LogP contribution >= 0.6 is 11.3 Å². The van der Waals surface area contributed by atoms with Crippen LogP contribution in [0.15, 0.2) is 39.7 Å². The number of furan rings is 1. The predicted octanol–water partition coefficient (Wildman–Crippen LogP) is 2.93. The Morgan fingerprint density at radius 1 is 1.29 bits per heavy atom. The second-order valence-electron chi connectivity index (χ2n) is 3.21. The van der Waals surface area contributed by atoms with Gasteiger partial charge in [0.2, 0.25) is 5.82 Å². The van der Waals surface area contributed by atoms with Gasteiger partial charge in [0.15, 0.2) is 0 Å². The summed E-state index contributed by atoms with van der Waals surface area (Å²) in [6, 6.07) is 7.33. The van der Waals surface area contributed by atoms with Gasteiger partial charge in [0.25, 0.3) is 5.89 Å². The van der Waals surface area contributed by atoms with Crippen LogP contribution < -0.4 is 0 Å². The van der Waals surface area contributed by atoms with Gasteiger partial charge in [0.1, 0.15) is 17.2 Å². The van der Waals surface area contributed by atoms with Gasteiger partial charge in [0, 0.05) is 0 Å². The summed E-state index contributed by atoms with van der Waals surface area (Å²) < 4.78 is 10.1. The van der Waals surface area contributed by atoms with E-state index in [9.17, 15) is 0 Å². The fourth-order valence-electron chi connectivity index (χ4n) is 1.35. The van der Waals surface area contributed by atoms with Crippen molar-refractivity contribution in [1.82, 2.24) is 10.1 Å². The lowest BCUT2D eigenvalue weighted by Crippen LogP contribution is -1.75. The van der Waals surface area contributed by atoms with Crippen LogP contribution in [-0.4, -0.2) is 10.1 Å². The number of thiophene rings is 1. The minimum absolute atomic E-state index is 0.410. The SMILES string of the molecule is N#Cc1ccc(-c2nc(-c3ccoc3)no2)s1. The summed E-state index contributed by atoms with van der Waals surface area (Å²) in [5.74, 6) is 0.883. The molecule has 0 amide bonds. The largest absolute Gasteiger partial charge is 0.472 e. The normalized spacial score (nSPS) is 10.3. The van der Waals surface area contributed by atoms with Crippen molar-refractivity contribution in [1.29, 1.82) is 5.26 Å². The molecule has 0 aromatic carbocycles. The summed E-state index contributed by atoms with van der Waals surface area (Å²) >= 11 is 1.32. The van der Waals surface area contributed by atoms with E-state index in [1.54, 1.807) is 30.7 Å². The van der Waals surface area contributed by atoms with Gasteiger partial charge in [0.05, 0.1) is 16.7 Å². The molecule has 0 saturated carbocycles. The topological polar surface area (TPSA) is 75.8 Å². The molecule has 0 unspecified atom stereocenters. The van der Waals surface area contributed by atoms with E-state index in [2.05, 4.69) is 16.2 Å². The number of nitrogens with zero attached hydrogens (tertiary/aromatic N) is 3. The van der Waals surface area contributed by atoms with Crippen molar-refractivity contribution in [3.63, 3.8) is 0 Å². The Morgan fingerprint density at radius 3 is 2.94 bits per heavy atom. The number of rotatable bonds is 2. The van der Waals surface area contributed by atoms with Gasteiger partial charge in [-0.05, 0) is 18.2 Å². The first-order chi connectivity index (χ1) is 8.36. The molecule has 0 N–H and O–H groups in total. The minimum Gasteiger partial charge on any atom is -0.472 e. The van der Waals surface area contributed by atoms with Crippen molar-refractivity contribution in [2.45, 2.75) is 0 Å². The molecular formula is C11H5N3O2S. The van der Waals surface area contributed by atoms with E-state index < -0.39 is 0 Å². The highest BCUT2D eigenvalue weighted by molar-refractivity contribution is 7.15. The van der Waals surface area contributed by atoms with Crippen molar-refractivity contribution in [2.75, 3.05) is 0 Å². The lowest BCUT2D eigenvalue weighted by Gasteiger charge is -1.83. The minimum atomic E-state index is 0.410. The molecule has 3 rings (SSSR count). The van der Waals surface area contributed by atoms with Crippen LogP contribution in [0.1, 0.15) is 4.88 Å². The van der Waals surface area contributed by atoms with Gasteiger partial charge in [-0.15, -0.1) is 11.3 Å². The van der Waals surface area contributed by atoms with E-state index in [0.717, 1.165) is 10.4 Å². The quantitative estimate of drug-likeness (QED) is 0.691. The first-order valence-electron chi connectivity index (χ1n) is 4.73. The zero-order chi connectivity index (χ0) is 11.7. The summed E-state index contributed by atoms with van der Waals surface area (Å²) in [7, 11) is 0. The predicted molar refractivity (Wildman–Crippen MR) is 60.0 cm³/mol. The highest BCUT2D eigenvalue weighted by Crippen LogP contribution is 2.28. The molecule has 17 heavy (non-hydrogen) atoms.